The number of phenolic OH excluding ortho intramolecular Hbond substituents is 2. The summed E-state index contributed by atoms with van der Waals surface area (Å²) in [6.45, 7) is 3.44. The second-order valence-corrected chi connectivity index (χ2v) is 4.92. The van der Waals surface area contributed by atoms with Crippen molar-refractivity contribution < 1.29 is 15.0 Å². The summed E-state index contributed by atoms with van der Waals surface area (Å²) in [7, 11) is 0. The fraction of sp³-hybridized carbons (Fsp3) is 0.133. The van der Waals surface area contributed by atoms with Crippen molar-refractivity contribution in [2.45, 2.75) is 13.8 Å². The molecule has 0 heterocycles. The number of carbonyl (C=O) groups is 1. The number of rotatable bonds is 1. The third kappa shape index (κ3) is 5.14. The molecule has 0 atom stereocenters. The molecule has 2 N–H and O–H groups in total. The number of Topliss-reactive ketones (excluding diaryl/α,β-unsaturated/α-hetero) is 1. The van der Waals surface area contributed by atoms with Gasteiger partial charge >= 0.3 is 0 Å². The van der Waals surface area contributed by atoms with Crippen molar-refractivity contribution in [3.05, 3.63) is 58.1 Å². The summed E-state index contributed by atoms with van der Waals surface area (Å²) in [5.41, 5.74) is 1.68. The first-order valence-corrected chi connectivity index (χ1v) is 6.44. The van der Waals surface area contributed by atoms with E-state index >= 15 is 0 Å². The number of carbonyl (C=O) groups excluding carboxylic acids is 1. The van der Waals surface area contributed by atoms with Gasteiger partial charge in [0.05, 0.1) is 4.47 Å². The van der Waals surface area contributed by atoms with Gasteiger partial charge in [-0.2, -0.15) is 0 Å². The SMILES string of the molecule is CC(=O)c1cccc(O)c1.Cc1ccc(O)c(Br)c1. The Hall–Kier alpha value is -1.81. The van der Waals surface area contributed by atoms with Crippen LogP contribution in [0.4, 0.5) is 0 Å². The van der Waals surface area contributed by atoms with Crippen molar-refractivity contribution in [3.63, 3.8) is 0 Å². The van der Waals surface area contributed by atoms with Gasteiger partial charge in [-0.15, -0.1) is 0 Å². The van der Waals surface area contributed by atoms with Crippen LogP contribution in [0.5, 0.6) is 11.5 Å². The molecule has 0 radical (unpaired) electrons. The van der Waals surface area contributed by atoms with Crippen molar-refractivity contribution >= 4 is 21.7 Å². The number of halogens is 1. The maximum atomic E-state index is 10.7. The fourth-order valence-corrected chi connectivity index (χ4v) is 1.83. The molecular formula is C15H15BrO3. The largest absolute Gasteiger partial charge is 0.508 e. The van der Waals surface area contributed by atoms with Crippen LogP contribution in [0.1, 0.15) is 22.8 Å². The van der Waals surface area contributed by atoms with Gasteiger partial charge in [0.25, 0.3) is 0 Å². The summed E-state index contributed by atoms with van der Waals surface area (Å²) in [5, 5.41) is 17.9. The fourth-order valence-electron chi connectivity index (χ4n) is 1.34. The Bertz CT molecular complexity index is 579. The Labute approximate surface area is 120 Å². The van der Waals surface area contributed by atoms with Crippen LogP contribution in [0.25, 0.3) is 0 Å². The Morgan fingerprint density at radius 3 is 2.21 bits per heavy atom. The highest BCUT2D eigenvalue weighted by molar-refractivity contribution is 9.10. The van der Waals surface area contributed by atoms with Gasteiger partial charge in [0.15, 0.2) is 5.78 Å². The van der Waals surface area contributed by atoms with Crippen LogP contribution >= 0.6 is 15.9 Å². The highest BCUT2D eigenvalue weighted by atomic mass is 79.9. The van der Waals surface area contributed by atoms with E-state index < -0.39 is 0 Å². The summed E-state index contributed by atoms with van der Waals surface area (Å²) < 4.78 is 0.752. The van der Waals surface area contributed by atoms with E-state index in [-0.39, 0.29) is 11.5 Å². The molecule has 2 aromatic carbocycles. The highest BCUT2D eigenvalue weighted by Crippen LogP contribution is 2.23. The smallest absolute Gasteiger partial charge is 0.159 e. The summed E-state index contributed by atoms with van der Waals surface area (Å²) in [6.07, 6.45) is 0. The Morgan fingerprint density at radius 1 is 1.11 bits per heavy atom. The molecule has 0 saturated carbocycles. The molecule has 4 heteroatoms. The van der Waals surface area contributed by atoms with Crippen LogP contribution in [0, 0.1) is 6.92 Å². The molecule has 0 fully saturated rings. The normalized spacial score (nSPS) is 9.42. The molecule has 0 bridgehead atoms. The zero-order chi connectivity index (χ0) is 14.4. The zero-order valence-electron chi connectivity index (χ0n) is 10.7. The van der Waals surface area contributed by atoms with Crippen LogP contribution in [0.2, 0.25) is 0 Å². The molecule has 0 aliphatic rings. The van der Waals surface area contributed by atoms with Crippen molar-refractivity contribution in [2.24, 2.45) is 0 Å². The summed E-state index contributed by atoms with van der Waals surface area (Å²) in [5.74, 6) is 0.393. The lowest BCUT2D eigenvalue weighted by atomic mass is 10.1. The van der Waals surface area contributed by atoms with Crippen molar-refractivity contribution in [3.8, 4) is 11.5 Å². The molecule has 0 saturated heterocycles. The Balaban J connectivity index is 0.000000191. The average molecular weight is 323 g/mol. The topological polar surface area (TPSA) is 57.5 Å². The van der Waals surface area contributed by atoms with E-state index in [1.807, 2.05) is 19.1 Å². The van der Waals surface area contributed by atoms with Crippen molar-refractivity contribution in [2.75, 3.05) is 0 Å². The molecule has 0 unspecified atom stereocenters. The van der Waals surface area contributed by atoms with Gasteiger partial charge in [0.1, 0.15) is 11.5 Å². The monoisotopic (exact) mass is 322 g/mol. The first kappa shape index (κ1) is 15.2. The molecule has 19 heavy (non-hydrogen) atoms. The number of benzene rings is 2. The minimum atomic E-state index is -0.0316. The molecule has 0 spiro atoms. The van der Waals surface area contributed by atoms with Gasteiger partial charge in [-0.3, -0.25) is 4.79 Å². The van der Waals surface area contributed by atoms with E-state index in [0.29, 0.717) is 11.3 Å². The maximum absolute atomic E-state index is 10.7. The van der Waals surface area contributed by atoms with E-state index in [0.717, 1.165) is 10.0 Å². The van der Waals surface area contributed by atoms with Crippen LogP contribution in [0.3, 0.4) is 0 Å². The number of phenols is 2. The van der Waals surface area contributed by atoms with Gasteiger partial charge in [-0.05, 0) is 59.6 Å². The molecule has 0 aliphatic heterocycles. The van der Waals surface area contributed by atoms with Crippen LogP contribution in [0.15, 0.2) is 46.9 Å². The lowest BCUT2D eigenvalue weighted by Gasteiger charge is -1.95. The first-order valence-electron chi connectivity index (χ1n) is 5.65. The van der Waals surface area contributed by atoms with Crippen molar-refractivity contribution in [1.29, 1.82) is 0 Å². The van der Waals surface area contributed by atoms with Gasteiger partial charge in [-0.1, -0.05) is 18.2 Å². The maximum Gasteiger partial charge on any atom is 0.159 e. The third-order valence-electron chi connectivity index (χ3n) is 2.36. The lowest BCUT2D eigenvalue weighted by molar-refractivity contribution is 0.101. The van der Waals surface area contributed by atoms with E-state index in [2.05, 4.69) is 15.9 Å². The second kappa shape index (κ2) is 6.95. The van der Waals surface area contributed by atoms with E-state index in [4.69, 9.17) is 10.2 Å². The van der Waals surface area contributed by atoms with Crippen LogP contribution in [-0.4, -0.2) is 16.0 Å². The molecular weight excluding hydrogens is 308 g/mol. The van der Waals surface area contributed by atoms with Crippen LogP contribution < -0.4 is 0 Å². The van der Waals surface area contributed by atoms with Gasteiger partial charge in [-0.25, -0.2) is 0 Å². The van der Waals surface area contributed by atoms with Crippen molar-refractivity contribution in [1.82, 2.24) is 0 Å². The molecule has 2 rings (SSSR count). The minimum absolute atomic E-state index is 0.0316. The predicted octanol–water partition coefficient (Wildman–Crippen LogP) is 4.06. The molecule has 0 aliphatic carbocycles. The van der Waals surface area contributed by atoms with E-state index in [9.17, 15) is 4.79 Å². The molecule has 0 amide bonds. The number of aryl methyl sites for hydroxylation is 1. The molecule has 3 nitrogen and oxygen atoms in total. The predicted molar refractivity (Wildman–Crippen MR) is 78.7 cm³/mol. The number of ketones is 1. The number of aromatic hydroxyl groups is 2. The zero-order valence-corrected chi connectivity index (χ0v) is 12.3. The number of hydrogen-bond donors (Lipinski definition) is 2. The highest BCUT2D eigenvalue weighted by Gasteiger charge is 1.97. The first-order chi connectivity index (χ1) is 8.90. The lowest BCUT2D eigenvalue weighted by Crippen LogP contribution is -1.89. The minimum Gasteiger partial charge on any atom is -0.508 e. The van der Waals surface area contributed by atoms with E-state index in [1.165, 1.54) is 19.1 Å². The third-order valence-corrected chi connectivity index (χ3v) is 2.99. The summed E-state index contributed by atoms with van der Waals surface area (Å²) >= 11 is 3.20. The van der Waals surface area contributed by atoms with Crippen LogP contribution in [-0.2, 0) is 0 Å². The quantitative estimate of drug-likeness (QED) is 0.778. The van der Waals surface area contributed by atoms with Gasteiger partial charge < -0.3 is 10.2 Å². The summed E-state index contributed by atoms with van der Waals surface area (Å²) in [6, 6.07) is 11.7. The molecule has 2 aromatic rings. The Kier molecular flexibility index (Phi) is 5.57. The number of hydrogen-bond acceptors (Lipinski definition) is 3. The van der Waals surface area contributed by atoms with Gasteiger partial charge in [0.2, 0.25) is 0 Å². The molecule has 100 valence electrons. The molecule has 0 aromatic heterocycles. The summed E-state index contributed by atoms with van der Waals surface area (Å²) in [4.78, 5) is 10.7. The average Bonchev–Trinajstić information content (AvgIpc) is 2.35. The van der Waals surface area contributed by atoms with Gasteiger partial charge in [0, 0.05) is 5.56 Å². The van der Waals surface area contributed by atoms with E-state index in [1.54, 1.807) is 18.2 Å². The Morgan fingerprint density at radius 2 is 1.79 bits per heavy atom. The standard InChI is InChI=1S/C8H8O2.C7H7BrO/c1-6(9)7-3-2-4-8(10)5-7;1-5-2-3-7(9)6(8)4-5/h2-5,10H,1H3;2-4,9H,1H3. The second-order valence-electron chi connectivity index (χ2n) is 4.06.